The normalized spacial score (nSPS) is 20.9. The minimum Gasteiger partial charge on any atom is -0.409 e. The molecule has 1 heterocycles. The zero-order valence-electron chi connectivity index (χ0n) is 11.3. The number of hydrogen-bond acceptors (Lipinski definition) is 4. The van der Waals surface area contributed by atoms with Crippen molar-refractivity contribution < 1.29 is 5.21 Å². The smallest absolute Gasteiger partial charge is 0.170 e. The molecule has 0 bridgehead atoms. The van der Waals surface area contributed by atoms with Crippen molar-refractivity contribution in [2.75, 3.05) is 26.7 Å². The largest absolute Gasteiger partial charge is 0.409 e. The van der Waals surface area contributed by atoms with Gasteiger partial charge in [0.25, 0.3) is 0 Å². The molecule has 0 spiro atoms. The highest BCUT2D eigenvalue weighted by Crippen LogP contribution is 2.13. The molecule has 1 fully saturated rings. The number of nitrogens with two attached hydrogens (primary N) is 1. The van der Waals surface area contributed by atoms with Crippen LogP contribution in [0.2, 0.25) is 0 Å². The SMILES string of the molecule is CN1CCC(CNCc2cccc(C(N)=NO)c2)C1. The first kappa shape index (κ1) is 13.8. The van der Waals surface area contributed by atoms with Crippen LogP contribution in [-0.4, -0.2) is 42.6 Å². The van der Waals surface area contributed by atoms with Crippen molar-refractivity contribution in [1.82, 2.24) is 10.2 Å². The first-order valence-corrected chi connectivity index (χ1v) is 6.65. The van der Waals surface area contributed by atoms with Gasteiger partial charge in [0.05, 0.1) is 0 Å². The molecule has 1 atom stereocenters. The highest BCUT2D eigenvalue weighted by molar-refractivity contribution is 5.97. The van der Waals surface area contributed by atoms with E-state index in [0.29, 0.717) is 0 Å². The van der Waals surface area contributed by atoms with E-state index in [1.54, 1.807) is 0 Å². The summed E-state index contributed by atoms with van der Waals surface area (Å²) < 4.78 is 0. The van der Waals surface area contributed by atoms with E-state index in [2.05, 4.69) is 22.4 Å². The molecule has 1 aliphatic rings. The van der Waals surface area contributed by atoms with Gasteiger partial charge in [0.1, 0.15) is 0 Å². The Hall–Kier alpha value is -1.59. The Morgan fingerprint density at radius 3 is 3.11 bits per heavy atom. The third kappa shape index (κ3) is 3.94. The molecule has 0 saturated carbocycles. The number of hydrogen-bond donors (Lipinski definition) is 3. The van der Waals surface area contributed by atoms with Gasteiger partial charge < -0.3 is 21.2 Å². The summed E-state index contributed by atoms with van der Waals surface area (Å²) in [5.41, 5.74) is 7.48. The van der Waals surface area contributed by atoms with E-state index in [1.165, 1.54) is 19.5 Å². The third-order valence-electron chi connectivity index (χ3n) is 3.58. The van der Waals surface area contributed by atoms with E-state index in [1.807, 2.05) is 24.3 Å². The number of likely N-dealkylation sites (tertiary alicyclic amines) is 1. The Kier molecular flexibility index (Phi) is 4.76. The maximum absolute atomic E-state index is 8.67. The quantitative estimate of drug-likeness (QED) is 0.318. The van der Waals surface area contributed by atoms with Crippen LogP contribution < -0.4 is 11.1 Å². The van der Waals surface area contributed by atoms with Crippen LogP contribution in [0.3, 0.4) is 0 Å². The van der Waals surface area contributed by atoms with Gasteiger partial charge in [-0.3, -0.25) is 0 Å². The van der Waals surface area contributed by atoms with E-state index in [4.69, 9.17) is 10.9 Å². The Morgan fingerprint density at radius 1 is 1.58 bits per heavy atom. The summed E-state index contributed by atoms with van der Waals surface area (Å²) in [7, 11) is 2.17. The lowest BCUT2D eigenvalue weighted by Gasteiger charge is -2.12. The topological polar surface area (TPSA) is 73.9 Å². The Labute approximate surface area is 114 Å². The van der Waals surface area contributed by atoms with Gasteiger partial charge in [-0.05, 0) is 44.1 Å². The van der Waals surface area contributed by atoms with Gasteiger partial charge >= 0.3 is 0 Å². The second-order valence-corrected chi connectivity index (χ2v) is 5.23. The second kappa shape index (κ2) is 6.54. The molecule has 5 nitrogen and oxygen atoms in total. The molecule has 5 heteroatoms. The van der Waals surface area contributed by atoms with Gasteiger partial charge in [0.15, 0.2) is 5.84 Å². The van der Waals surface area contributed by atoms with E-state index in [9.17, 15) is 0 Å². The minimum atomic E-state index is 0.152. The number of nitrogens with one attached hydrogen (secondary N) is 1. The van der Waals surface area contributed by atoms with E-state index in [-0.39, 0.29) is 5.84 Å². The van der Waals surface area contributed by atoms with Crippen LogP contribution in [0.1, 0.15) is 17.5 Å². The van der Waals surface area contributed by atoms with Gasteiger partial charge in [-0.15, -0.1) is 0 Å². The van der Waals surface area contributed by atoms with Crippen LogP contribution in [0, 0.1) is 5.92 Å². The molecule has 0 aliphatic carbocycles. The molecule has 0 amide bonds. The summed E-state index contributed by atoms with van der Waals surface area (Å²) in [6.45, 7) is 4.23. The summed E-state index contributed by atoms with van der Waals surface area (Å²) in [5, 5.41) is 15.2. The number of rotatable bonds is 5. The molecular formula is C14H22N4O. The monoisotopic (exact) mass is 262 g/mol. The zero-order valence-corrected chi connectivity index (χ0v) is 11.3. The summed E-state index contributed by atoms with van der Waals surface area (Å²) in [5.74, 6) is 0.900. The molecule has 104 valence electrons. The lowest BCUT2D eigenvalue weighted by molar-refractivity contribution is 0.318. The first-order valence-electron chi connectivity index (χ1n) is 6.65. The molecule has 2 rings (SSSR count). The summed E-state index contributed by atoms with van der Waals surface area (Å²) in [4.78, 5) is 2.37. The lowest BCUT2D eigenvalue weighted by atomic mass is 10.1. The molecule has 1 aromatic carbocycles. The van der Waals surface area contributed by atoms with Crippen molar-refractivity contribution >= 4 is 5.84 Å². The summed E-state index contributed by atoms with van der Waals surface area (Å²) in [6.07, 6.45) is 1.27. The maximum Gasteiger partial charge on any atom is 0.170 e. The Bertz CT molecular complexity index is 447. The molecule has 0 radical (unpaired) electrons. The second-order valence-electron chi connectivity index (χ2n) is 5.23. The van der Waals surface area contributed by atoms with Crippen LogP contribution in [0.5, 0.6) is 0 Å². The average molecular weight is 262 g/mol. The van der Waals surface area contributed by atoms with Crippen molar-refractivity contribution in [2.24, 2.45) is 16.8 Å². The third-order valence-corrected chi connectivity index (χ3v) is 3.58. The van der Waals surface area contributed by atoms with Gasteiger partial charge in [-0.2, -0.15) is 0 Å². The first-order chi connectivity index (χ1) is 9.19. The fourth-order valence-electron chi connectivity index (χ4n) is 2.51. The number of oxime groups is 1. The van der Waals surface area contributed by atoms with Crippen LogP contribution in [-0.2, 0) is 6.54 Å². The van der Waals surface area contributed by atoms with Gasteiger partial charge in [-0.25, -0.2) is 0 Å². The molecule has 1 aromatic rings. The maximum atomic E-state index is 8.67. The summed E-state index contributed by atoms with van der Waals surface area (Å²) in [6, 6.07) is 7.75. The van der Waals surface area contributed by atoms with Crippen LogP contribution >= 0.6 is 0 Å². The predicted octanol–water partition coefficient (Wildman–Crippen LogP) is 0.822. The molecule has 0 aromatic heterocycles. The number of amidine groups is 1. The van der Waals surface area contributed by atoms with E-state index in [0.717, 1.165) is 30.1 Å². The van der Waals surface area contributed by atoms with Crippen LogP contribution in [0.4, 0.5) is 0 Å². The lowest BCUT2D eigenvalue weighted by Crippen LogP contribution is -2.24. The van der Waals surface area contributed by atoms with Crippen molar-refractivity contribution in [3.63, 3.8) is 0 Å². The number of benzene rings is 1. The van der Waals surface area contributed by atoms with Crippen molar-refractivity contribution in [3.05, 3.63) is 35.4 Å². The molecule has 1 saturated heterocycles. The molecule has 19 heavy (non-hydrogen) atoms. The Morgan fingerprint density at radius 2 is 2.42 bits per heavy atom. The van der Waals surface area contributed by atoms with Gasteiger partial charge in [-0.1, -0.05) is 23.4 Å². The van der Waals surface area contributed by atoms with Crippen molar-refractivity contribution in [3.8, 4) is 0 Å². The highest BCUT2D eigenvalue weighted by atomic mass is 16.4. The van der Waals surface area contributed by atoms with Crippen molar-refractivity contribution in [1.29, 1.82) is 0 Å². The van der Waals surface area contributed by atoms with Crippen molar-refractivity contribution in [2.45, 2.75) is 13.0 Å². The molecule has 4 N–H and O–H groups in total. The van der Waals surface area contributed by atoms with Crippen LogP contribution in [0.15, 0.2) is 29.4 Å². The number of nitrogens with zero attached hydrogens (tertiary/aromatic N) is 2. The predicted molar refractivity (Wildman–Crippen MR) is 76.3 cm³/mol. The fraction of sp³-hybridized carbons (Fsp3) is 0.500. The van der Waals surface area contributed by atoms with Gasteiger partial charge in [0.2, 0.25) is 0 Å². The van der Waals surface area contributed by atoms with Crippen LogP contribution in [0.25, 0.3) is 0 Å². The van der Waals surface area contributed by atoms with E-state index < -0.39 is 0 Å². The zero-order chi connectivity index (χ0) is 13.7. The van der Waals surface area contributed by atoms with Gasteiger partial charge in [0, 0.05) is 18.7 Å². The Balaban J connectivity index is 1.83. The molecular weight excluding hydrogens is 240 g/mol. The fourth-order valence-corrected chi connectivity index (χ4v) is 2.51. The molecule has 1 unspecified atom stereocenters. The summed E-state index contributed by atoms with van der Waals surface area (Å²) >= 11 is 0. The standard InChI is InChI=1S/C14H22N4O/c1-18-6-5-12(10-18)9-16-8-11-3-2-4-13(7-11)14(15)17-19/h2-4,7,12,16,19H,5-6,8-10H2,1H3,(H2,15,17). The molecule has 1 aliphatic heterocycles. The van der Waals surface area contributed by atoms with E-state index >= 15 is 0 Å². The highest BCUT2D eigenvalue weighted by Gasteiger charge is 2.18. The average Bonchev–Trinajstić information content (AvgIpc) is 2.84. The minimum absolute atomic E-state index is 0.152.